The maximum atomic E-state index is 12.4. The van der Waals surface area contributed by atoms with Crippen molar-refractivity contribution >= 4 is 17.6 Å². The highest BCUT2D eigenvalue weighted by Gasteiger charge is 2.29. The van der Waals surface area contributed by atoms with Gasteiger partial charge in [-0.3, -0.25) is 4.79 Å². The van der Waals surface area contributed by atoms with Gasteiger partial charge in [-0.25, -0.2) is 9.80 Å². The molecule has 0 N–H and O–H groups in total. The first-order valence-electron chi connectivity index (χ1n) is 9.33. The van der Waals surface area contributed by atoms with Gasteiger partial charge in [0.25, 0.3) is 5.91 Å². The Morgan fingerprint density at radius 2 is 1.93 bits per heavy atom. The first kappa shape index (κ1) is 17.5. The molecule has 4 rings (SSSR count). The van der Waals surface area contributed by atoms with E-state index < -0.39 is 5.97 Å². The molecule has 27 heavy (non-hydrogen) atoms. The number of hydrazone groups is 1. The molecule has 1 saturated carbocycles. The average molecular weight is 365 g/mol. The van der Waals surface area contributed by atoms with Gasteiger partial charge < -0.3 is 9.30 Å². The summed E-state index contributed by atoms with van der Waals surface area (Å²) >= 11 is 0. The van der Waals surface area contributed by atoms with E-state index in [1.807, 2.05) is 50.2 Å². The van der Waals surface area contributed by atoms with Crippen LogP contribution in [0.2, 0.25) is 0 Å². The van der Waals surface area contributed by atoms with Gasteiger partial charge in [0.2, 0.25) is 0 Å². The van der Waals surface area contributed by atoms with Gasteiger partial charge in [-0.1, -0.05) is 30.3 Å². The third-order valence-corrected chi connectivity index (χ3v) is 5.14. The van der Waals surface area contributed by atoms with Crippen LogP contribution in [-0.2, 0) is 9.53 Å². The van der Waals surface area contributed by atoms with Crippen molar-refractivity contribution in [3.05, 3.63) is 58.9 Å². The maximum absolute atomic E-state index is 12.4. The number of hydrogen-bond acceptors (Lipinski definition) is 4. The van der Waals surface area contributed by atoms with Gasteiger partial charge >= 0.3 is 5.97 Å². The quantitative estimate of drug-likeness (QED) is 0.764. The second-order valence-corrected chi connectivity index (χ2v) is 7.14. The number of rotatable bonds is 5. The van der Waals surface area contributed by atoms with Crippen molar-refractivity contribution in [1.29, 1.82) is 0 Å². The summed E-state index contributed by atoms with van der Waals surface area (Å²) in [6, 6.07) is 12.1. The molecule has 1 aromatic heterocycles. The number of aryl methyl sites for hydroxylation is 1. The fourth-order valence-electron chi connectivity index (χ4n) is 3.63. The van der Waals surface area contributed by atoms with Crippen LogP contribution in [0.3, 0.4) is 0 Å². The molecule has 2 aliphatic rings. The minimum atomic E-state index is -0.449. The van der Waals surface area contributed by atoms with Gasteiger partial charge in [-0.05, 0) is 38.3 Å². The van der Waals surface area contributed by atoms with Gasteiger partial charge in [-0.2, -0.15) is 5.10 Å². The molecular weight excluding hydrogens is 342 g/mol. The Hall–Kier alpha value is -2.89. The van der Waals surface area contributed by atoms with E-state index in [-0.39, 0.29) is 12.5 Å². The SMILES string of the molecule is Cc1cc(C(=O)OCC(=O)N2CCC(c3ccccc3)=N2)c(C)n1C1CC1. The number of carbonyl (C=O) groups is 2. The molecule has 2 heterocycles. The third kappa shape index (κ3) is 3.52. The largest absolute Gasteiger partial charge is 0.452 e. The molecule has 1 aromatic carbocycles. The summed E-state index contributed by atoms with van der Waals surface area (Å²) in [7, 11) is 0. The summed E-state index contributed by atoms with van der Waals surface area (Å²) in [5, 5.41) is 5.77. The highest BCUT2D eigenvalue weighted by molar-refractivity contribution is 6.02. The molecular formula is C21H23N3O3. The Labute approximate surface area is 158 Å². The average Bonchev–Trinajstić information content (AvgIpc) is 3.29. The molecule has 0 unspecified atom stereocenters. The maximum Gasteiger partial charge on any atom is 0.340 e. The van der Waals surface area contributed by atoms with Crippen molar-refractivity contribution in [2.75, 3.05) is 13.2 Å². The Morgan fingerprint density at radius 3 is 2.63 bits per heavy atom. The van der Waals surface area contributed by atoms with E-state index in [1.54, 1.807) is 0 Å². The number of benzene rings is 1. The Morgan fingerprint density at radius 1 is 1.19 bits per heavy atom. The Balaban J connectivity index is 1.38. The second-order valence-electron chi connectivity index (χ2n) is 7.14. The highest BCUT2D eigenvalue weighted by atomic mass is 16.5. The highest BCUT2D eigenvalue weighted by Crippen LogP contribution is 2.38. The molecule has 1 aliphatic heterocycles. The number of esters is 1. The molecule has 0 spiro atoms. The van der Waals surface area contributed by atoms with E-state index in [9.17, 15) is 9.59 Å². The molecule has 140 valence electrons. The number of aromatic nitrogens is 1. The fraction of sp³-hybridized carbons (Fsp3) is 0.381. The van der Waals surface area contributed by atoms with Crippen LogP contribution in [0.1, 0.15) is 52.6 Å². The lowest BCUT2D eigenvalue weighted by atomic mass is 10.1. The summed E-state index contributed by atoms with van der Waals surface area (Å²) in [5.41, 5.74) is 4.41. The summed E-state index contributed by atoms with van der Waals surface area (Å²) in [6.07, 6.45) is 3.01. The van der Waals surface area contributed by atoms with Gasteiger partial charge in [0.05, 0.1) is 17.8 Å². The Bertz CT molecular complexity index is 910. The summed E-state index contributed by atoms with van der Waals surface area (Å²) in [6.45, 7) is 4.15. The fourth-order valence-corrected chi connectivity index (χ4v) is 3.63. The summed E-state index contributed by atoms with van der Waals surface area (Å²) < 4.78 is 7.47. The molecule has 1 fully saturated rings. The molecule has 0 radical (unpaired) electrons. The zero-order valence-corrected chi connectivity index (χ0v) is 15.6. The Kier molecular flexibility index (Phi) is 4.56. The normalized spacial score (nSPS) is 16.4. The predicted molar refractivity (Wildman–Crippen MR) is 102 cm³/mol. The van der Waals surface area contributed by atoms with Crippen molar-refractivity contribution in [3.63, 3.8) is 0 Å². The van der Waals surface area contributed by atoms with Crippen LogP contribution >= 0.6 is 0 Å². The molecule has 0 saturated heterocycles. The zero-order valence-electron chi connectivity index (χ0n) is 15.6. The lowest BCUT2D eigenvalue weighted by Crippen LogP contribution is -2.28. The van der Waals surface area contributed by atoms with Gasteiger partial charge in [0.15, 0.2) is 6.61 Å². The lowest BCUT2D eigenvalue weighted by molar-refractivity contribution is -0.134. The number of carbonyl (C=O) groups excluding carboxylic acids is 2. The van der Waals surface area contributed by atoms with Crippen molar-refractivity contribution in [1.82, 2.24) is 9.58 Å². The van der Waals surface area contributed by atoms with Crippen LogP contribution in [0.4, 0.5) is 0 Å². The second kappa shape index (κ2) is 7.02. The number of amides is 1. The van der Waals surface area contributed by atoms with Crippen LogP contribution in [0.15, 0.2) is 41.5 Å². The van der Waals surface area contributed by atoms with Crippen LogP contribution in [0.5, 0.6) is 0 Å². The minimum absolute atomic E-state index is 0.294. The zero-order chi connectivity index (χ0) is 19.0. The smallest absolute Gasteiger partial charge is 0.340 e. The lowest BCUT2D eigenvalue weighted by Gasteiger charge is -2.12. The first-order valence-corrected chi connectivity index (χ1v) is 9.33. The number of hydrogen-bond donors (Lipinski definition) is 0. The van der Waals surface area contributed by atoms with Crippen LogP contribution in [-0.4, -0.2) is 40.3 Å². The topological polar surface area (TPSA) is 63.9 Å². The number of nitrogens with zero attached hydrogens (tertiary/aromatic N) is 3. The van der Waals surface area contributed by atoms with Crippen LogP contribution in [0, 0.1) is 13.8 Å². The standard InChI is InChI=1S/C21H23N3O3/c1-14-12-18(15(2)24(14)17-8-9-17)21(26)27-13-20(25)23-11-10-19(22-23)16-6-4-3-5-7-16/h3-7,12,17H,8-11,13H2,1-2H3. The van der Waals surface area contributed by atoms with Crippen LogP contribution in [0.25, 0.3) is 0 Å². The molecule has 0 atom stereocenters. The van der Waals surface area contributed by atoms with E-state index in [4.69, 9.17) is 4.74 Å². The summed E-state index contributed by atoms with van der Waals surface area (Å²) in [4.78, 5) is 24.8. The monoisotopic (exact) mass is 365 g/mol. The first-order chi connectivity index (χ1) is 13.0. The molecule has 1 aliphatic carbocycles. The molecule has 6 heteroatoms. The summed E-state index contributed by atoms with van der Waals surface area (Å²) in [5.74, 6) is -0.750. The van der Waals surface area contributed by atoms with Crippen molar-refractivity contribution in [3.8, 4) is 0 Å². The van der Waals surface area contributed by atoms with E-state index >= 15 is 0 Å². The predicted octanol–water partition coefficient (Wildman–Crippen LogP) is 3.23. The molecule has 6 nitrogen and oxygen atoms in total. The number of ether oxygens (including phenoxy) is 1. The molecule has 0 bridgehead atoms. The van der Waals surface area contributed by atoms with E-state index in [1.165, 1.54) is 5.01 Å². The molecule has 2 aromatic rings. The van der Waals surface area contributed by atoms with Gasteiger partial charge in [-0.15, -0.1) is 0 Å². The van der Waals surface area contributed by atoms with Crippen molar-refractivity contribution in [2.45, 2.75) is 39.2 Å². The van der Waals surface area contributed by atoms with E-state index in [0.717, 1.165) is 35.5 Å². The van der Waals surface area contributed by atoms with Gasteiger partial charge in [0.1, 0.15) is 0 Å². The molecule has 1 amide bonds. The van der Waals surface area contributed by atoms with Crippen molar-refractivity contribution in [2.24, 2.45) is 5.10 Å². The van der Waals surface area contributed by atoms with E-state index in [0.29, 0.717) is 24.6 Å². The van der Waals surface area contributed by atoms with Gasteiger partial charge in [0, 0.05) is 23.9 Å². The third-order valence-electron chi connectivity index (χ3n) is 5.14. The minimum Gasteiger partial charge on any atom is -0.452 e. The van der Waals surface area contributed by atoms with Crippen LogP contribution < -0.4 is 0 Å². The van der Waals surface area contributed by atoms with Crippen molar-refractivity contribution < 1.29 is 14.3 Å². The van der Waals surface area contributed by atoms with E-state index in [2.05, 4.69) is 9.67 Å².